The number of carboxylic acids is 1. The Balaban J connectivity index is 2.15. The molecular weight excluding hydrogens is 260 g/mol. The summed E-state index contributed by atoms with van der Waals surface area (Å²) in [5.74, 6) is -0.793. The van der Waals surface area contributed by atoms with Crippen molar-refractivity contribution < 1.29 is 19.4 Å². The second-order valence-corrected chi connectivity index (χ2v) is 5.70. The smallest absolute Gasteiger partial charge is 0.326 e. The van der Waals surface area contributed by atoms with Crippen LogP contribution in [0, 0.1) is 5.92 Å². The zero-order valence-corrected chi connectivity index (χ0v) is 12.4. The highest BCUT2D eigenvalue weighted by Crippen LogP contribution is 2.20. The molecule has 0 saturated heterocycles. The van der Waals surface area contributed by atoms with Crippen molar-refractivity contribution in [2.75, 3.05) is 13.2 Å². The largest absolute Gasteiger partial charge is 0.480 e. The molecule has 20 heavy (non-hydrogen) atoms. The van der Waals surface area contributed by atoms with Gasteiger partial charge in [-0.15, -0.1) is 0 Å². The molecule has 1 unspecified atom stereocenters. The average molecular weight is 286 g/mol. The Kier molecular flexibility index (Phi) is 7.36. The minimum atomic E-state index is -1.00. The SMILES string of the molecule is CC(C)CC(NC(=O)NCCOC1CCCC1)C(=O)O. The lowest BCUT2D eigenvalue weighted by Crippen LogP contribution is -2.47. The predicted octanol–water partition coefficient (Wildman–Crippen LogP) is 1.74. The maximum Gasteiger partial charge on any atom is 0.326 e. The minimum Gasteiger partial charge on any atom is -0.480 e. The monoisotopic (exact) mass is 286 g/mol. The maximum absolute atomic E-state index is 11.6. The highest BCUT2D eigenvalue weighted by atomic mass is 16.5. The van der Waals surface area contributed by atoms with Crippen molar-refractivity contribution in [2.24, 2.45) is 5.92 Å². The number of hydrogen-bond acceptors (Lipinski definition) is 3. The van der Waals surface area contributed by atoms with Gasteiger partial charge in [-0.2, -0.15) is 0 Å². The Morgan fingerprint density at radius 1 is 1.30 bits per heavy atom. The van der Waals surface area contributed by atoms with Gasteiger partial charge in [-0.05, 0) is 25.2 Å². The van der Waals surface area contributed by atoms with Crippen molar-refractivity contribution in [3.8, 4) is 0 Å². The van der Waals surface area contributed by atoms with Crippen LogP contribution in [0.3, 0.4) is 0 Å². The Morgan fingerprint density at radius 2 is 1.95 bits per heavy atom. The van der Waals surface area contributed by atoms with Gasteiger partial charge in [-0.25, -0.2) is 9.59 Å². The Hall–Kier alpha value is -1.30. The topological polar surface area (TPSA) is 87.7 Å². The molecule has 116 valence electrons. The average Bonchev–Trinajstić information content (AvgIpc) is 2.86. The summed E-state index contributed by atoms with van der Waals surface area (Å²) in [6.07, 6.45) is 5.37. The first-order chi connectivity index (χ1) is 9.49. The van der Waals surface area contributed by atoms with Crippen LogP contribution in [-0.4, -0.2) is 42.4 Å². The molecule has 1 atom stereocenters. The van der Waals surface area contributed by atoms with Crippen molar-refractivity contribution in [2.45, 2.75) is 58.1 Å². The van der Waals surface area contributed by atoms with Crippen molar-refractivity contribution in [1.29, 1.82) is 0 Å². The van der Waals surface area contributed by atoms with Crippen LogP contribution in [0.4, 0.5) is 4.79 Å². The lowest BCUT2D eigenvalue weighted by atomic mass is 10.0. The fourth-order valence-corrected chi connectivity index (χ4v) is 2.35. The standard InChI is InChI=1S/C14H26N2O4/c1-10(2)9-12(13(17)18)16-14(19)15-7-8-20-11-5-3-4-6-11/h10-12H,3-9H2,1-2H3,(H,17,18)(H2,15,16,19). The van der Waals surface area contributed by atoms with Crippen molar-refractivity contribution in [3.63, 3.8) is 0 Å². The summed E-state index contributed by atoms with van der Waals surface area (Å²) in [5, 5.41) is 14.1. The summed E-state index contributed by atoms with van der Waals surface area (Å²) < 4.78 is 5.61. The van der Waals surface area contributed by atoms with Crippen LogP contribution in [-0.2, 0) is 9.53 Å². The van der Waals surface area contributed by atoms with E-state index >= 15 is 0 Å². The number of carbonyl (C=O) groups is 2. The van der Waals surface area contributed by atoms with Gasteiger partial charge in [0.15, 0.2) is 0 Å². The Morgan fingerprint density at radius 3 is 2.50 bits per heavy atom. The molecular formula is C14H26N2O4. The van der Waals surface area contributed by atoms with Gasteiger partial charge in [0.05, 0.1) is 12.7 Å². The van der Waals surface area contributed by atoms with E-state index in [0.717, 1.165) is 12.8 Å². The molecule has 1 fully saturated rings. The lowest BCUT2D eigenvalue weighted by molar-refractivity contribution is -0.139. The third-order valence-electron chi connectivity index (χ3n) is 3.35. The molecule has 0 heterocycles. The summed E-state index contributed by atoms with van der Waals surface area (Å²) in [4.78, 5) is 22.6. The summed E-state index contributed by atoms with van der Waals surface area (Å²) in [6.45, 7) is 4.71. The Bertz CT molecular complexity index is 314. The number of ether oxygens (including phenoxy) is 1. The molecule has 6 nitrogen and oxygen atoms in total. The molecule has 2 amide bonds. The van der Waals surface area contributed by atoms with E-state index in [-0.39, 0.29) is 5.92 Å². The van der Waals surface area contributed by atoms with Gasteiger partial charge in [-0.1, -0.05) is 26.7 Å². The molecule has 3 N–H and O–H groups in total. The zero-order chi connectivity index (χ0) is 15.0. The third-order valence-corrected chi connectivity index (χ3v) is 3.35. The maximum atomic E-state index is 11.6. The molecule has 1 aliphatic carbocycles. The highest BCUT2D eigenvalue weighted by molar-refractivity contribution is 5.82. The van der Waals surface area contributed by atoms with Gasteiger partial charge in [0.1, 0.15) is 6.04 Å². The van der Waals surface area contributed by atoms with E-state index in [4.69, 9.17) is 9.84 Å². The number of aliphatic carboxylic acids is 1. The molecule has 0 aliphatic heterocycles. The highest BCUT2D eigenvalue weighted by Gasteiger charge is 2.21. The van der Waals surface area contributed by atoms with Crippen LogP contribution >= 0.6 is 0 Å². The summed E-state index contributed by atoms with van der Waals surface area (Å²) in [7, 11) is 0. The molecule has 0 aromatic rings. The number of rotatable bonds is 8. The normalized spacial score (nSPS) is 17.1. The first-order valence-corrected chi connectivity index (χ1v) is 7.37. The number of nitrogens with one attached hydrogen (secondary N) is 2. The zero-order valence-electron chi connectivity index (χ0n) is 12.4. The fourth-order valence-electron chi connectivity index (χ4n) is 2.35. The van der Waals surface area contributed by atoms with Crippen molar-refractivity contribution in [3.05, 3.63) is 0 Å². The quantitative estimate of drug-likeness (QED) is 0.593. The molecule has 1 saturated carbocycles. The van der Waals surface area contributed by atoms with E-state index in [1.807, 2.05) is 13.8 Å². The molecule has 1 rings (SSSR count). The van der Waals surface area contributed by atoms with Gasteiger partial charge in [0, 0.05) is 6.54 Å². The predicted molar refractivity (Wildman–Crippen MR) is 75.6 cm³/mol. The number of carbonyl (C=O) groups excluding carboxylic acids is 1. The van der Waals surface area contributed by atoms with Crippen molar-refractivity contribution >= 4 is 12.0 Å². The third kappa shape index (κ3) is 6.75. The van der Waals surface area contributed by atoms with E-state index in [1.54, 1.807) is 0 Å². The van der Waals surface area contributed by atoms with Crippen molar-refractivity contribution in [1.82, 2.24) is 10.6 Å². The molecule has 0 radical (unpaired) electrons. The summed E-state index contributed by atoms with van der Waals surface area (Å²) in [6, 6.07) is -1.29. The molecule has 0 aromatic carbocycles. The van der Waals surface area contributed by atoms with Gasteiger partial charge < -0.3 is 20.5 Å². The molecule has 0 aromatic heterocycles. The van der Waals surface area contributed by atoms with E-state index < -0.39 is 18.0 Å². The van der Waals surface area contributed by atoms with Crippen LogP contribution in [0.2, 0.25) is 0 Å². The van der Waals surface area contributed by atoms with E-state index in [0.29, 0.717) is 25.7 Å². The summed E-state index contributed by atoms with van der Waals surface area (Å²) >= 11 is 0. The first kappa shape index (κ1) is 16.8. The van der Waals surface area contributed by atoms with E-state index in [1.165, 1.54) is 12.8 Å². The van der Waals surface area contributed by atoms with Gasteiger partial charge in [0.2, 0.25) is 0 Å². The second kappa shape index (κ2) is 8.79. The molecule has 6 heteroatoms. The first-order valence-electron chi connectivity index (χ1n) is 7.37. The number of urea groups is 1. The number of amides is 2. The number of hydrogen-bond donors (Lipinski definition) is 3. The Labute approximate surface area is 120 Å². The molecule has 0 spiro atoms. The minimum absolute atomic E-state index is 0.210. The lowest BCUT2D eigenvalue weighted by Gasteiger charge is -2.17. The van der Waals surface area contributed by atoms with E-state index in [9.17, 15) is 9.59 Å². The summed E-state index contributed by atoms with van der Waals surface area (Å²) in [5.41, 5.74) is 0. The van der Waals surface area contributed by atoms with Crippen LogP contribution in [0.25, 0.3) is 0 Å². The fraction of sp³-hybridized carbons (Fsp3) is 0.857. The van der Waals surface area contributed by atoms with Crippen LogP contribution in [0.15, 0.2) is 0 Å². The van der Waals surface area contributed by atoms with Crippen LogP contribution < -0.4 is 10.6 Å². The van der Waals surface area contributed by atoms with E-state index in [2.05, 4.69) is 10.6 Å². The second-order valence-electron chi connectivity index (χ2n) is 5.70. The van der Waals surface area contributed by atoms with Gasteiger partial charge >= 0.3 is 12.0 Å². The van der Waals surface area contributed by atoms with Crippen LogP contribution in [0.5, 0.6) is 0 Å². The van der Waals surface area contributed by atoms with Gasteiger partial charge in [0.25, 0.3) is 0 Å². The molecule has 0 bridgehead atoms. The van der Waals surface area contributed by atoms with Crippen LogP contribution in [0.1, 0.15) is 46.0 Å². The molecule has 1 aliphatic rings. The number of carboxylic acid groups (broad SMARTS) is 1. The van der Waals surface area contributed by atoms with Gasteiger partial charge in [-0.3, -0.25) is 0 Å².